The number of amides is 1. The second kappa shape index (κ2) is 54.6. The van der Waals surface area contributed by atoms with Crippen LogP contribution in [-0.4, -0.2) is 110 Å². The summed E-state index contributed by atoms with van der Waals surface area (Å²) in [6.07, 6.45) is 59.2. The third kappa shape index (κ3) is 42.6. The predicted octanol–water partition coefficient (Wildman–Crippen LogP) is 14.8. The molecule has 1 aliphatic heterocycles. The van der Waals surface area contributed by atoms with Crippen molar-refractivity contribution in [3.8, 4) is 0 Å². The quantitative estimate of drug-likeness (QED) is 0.0215. The van der Waals surface area contributed by atoms with Gasteiger partial charge in [-0.05, 0) is 83.5 Å². The van der Waals surface area contributed by atoms with Crippen molar-refractivity contribution < 1.29 is 50.0 Å². The number of carbonyl (C=O) groups is 1. The Morgan fingerprint density at radius 1 is 0.455 bits per heavy atom. The van der Waals surface area contributed by atoms with Crippen molar-refractivity contribution in [2.75, 3.05) is 13.2 Å². The first-order valence-electron chi connectivity index (χ1n) is 32.5. The van der Waals surface area contributed by atoms with Crippen LogP contribution in [0, 0.1) is 0 Å². The molecule has 1 heterocycles. The van der Waals surface area contributed by atoms with E-state index in [1.807, 2.05) is 0 Å². The molecule has 1 rings (SSSR count). The highest BCUT2D eigenvalue weighted by atomic mass is 16.7. The molecule has 1 amide bonds. The lowest BCUT2D eigenvalue weighted by atomic mass is 9.98. The summed E-state index contributed by atoms with van der Waals surface area (Å²) in [6.45, 7) is 3.44. The summed E-state index contributed by atoms with van der Waals surface area (Å²) in [6, 6.07) is -1.19. The van der Waals surface area contributed by atoms with Crippen molar-refractivity contribution in [3.63, 3.8) is 0 Å². The van der Waals surface area contributed by atoms with Crippen molar-refractivity contribution in [1.82, 2.24) is 5.32 Å². The van der Waals surface area contributed by atoms with Gasteiger partial charge in [0.05, 0.1) is 25.4 Å². The van der Waals surface area contributed by atoms with Gasteiger partial charge in [-0.15, -0.1) is 0 Å². The number of unbranched alkanes of at least 4 members (excludes halogenated alkanes) is 36. The lowest BCUT2D eigenvalue weighted by molar-refractivity contribution is -0.303. The minimum Gasteiger partial charge on any atom is -0.394 e. The Morgan fingerprint density at radius 2 is 0.818 bits per heavy atom. The highest BCUT2D eigenvalue weighted by molar-refractivity contribution is 5.80. The first-order chi connectivity index (χ1) is 37.7. The summed E-state index contributed by atoms with van der Waals surface area (Å²) in [4.78, 5) is 13.2. The monoisotopic (exact) mass is 1090 g/mol. The molecule has 11 nitrogen and oxygen atoms in total. The normalized spacial score (nSPS) is 19.8. The summed E-state index contributed by atoms with van der Waals surface area (Å²) < 4.78 is 11.1. The van der Waals surface area contributed by atoms with Gasteiger partial charge in [0.1, 0.15) is 36.6 Å². The van der Waals surface area contributed by atoms with E-state index in [2.05, 4.69) is 67.8 Å². The van der Waals surface area contributed by atoms with Crippen LogP contribution in [0.15, 0.2) is 48.6 Å². The Labute approximate surface area is 472 Å². The molecule has 0 aromatic rings. The predicted molar refractivity (Wildman–Crippen MR) is 321 cm³/mol. The molecule has 0 aliphatic carbocycles. The molecule has 77 heavy (non-hydrogen) atoms. The first kappa shape index (κ1) is 73.1. The van der Waals surface area contributed by atoms with E-state index in [1.165, 1.54) is 205 Å². The zero-order valence-electron chi connectivity index (χ0n) is 49.7. The third-order valence-electron chi connectivity index (χ3n) is 15.6. The van der Waals surface area contributed by atoms with Gasteiger partial charge in [0.25, 0.3) is 0 Å². The van der Waals surface area contributed by atoms with E-state index in [1.54, 1.807) is 0 Å². The molecule has 9 atom stereocenters. The Hall–Kier alpha value is -1.93. The van der Waals surface area contributed by atoms with Crippen molar-refractivity contribution in [1.29, 1.82) is 0 Å². The molecule has 1 saturated heterocycles. The number of aliphatic hydroxyl groups is 7. The van der Waals surface area contributed by atoms with Crippen molar-refractivity contribution in [2.45, 2.75) is 351 Å². The Bertz CT molecular complexity index is 1390. The topological polar surface area (TPSA) is 189 Å². The fourth-order valence-corrected chi connectivity index (χ4v) is 10.3. The summed E-state index contributed by atoms with van der Waals surface area (Å²) in [7, 11) is 0. The van der Waals surface area contributed by atoms with Crippen LogP contribution in [-0.2, 0) is 14.3 Å². The number of allylic oxidation sites excluding steroid dienone is 8. The average molecular weight is 1090 g/mol. The number of rotatable bonds is 56. The maximum absolute atomic E-state index is 13.2. The molecule has 8 N–H and O–H groups in total. The number of hydrogen-bond acceptors (Lipinski definition) is 10. The molecule has 0 radical (unpaired) electrons. The Kier molecular flexibility index (Phi) is 51.9. The van der Waals surface area contributed by atoms with Gasteiger partial charge in [-0.2, -0.15) is 0 Å². The standard InChI is InChI=1S/C66H123NO10/c1-3-5-7-9-11-13-15-17-19-20-21-22-23-24-25-26-27-28-29-30-31-32-33-34-35-36-37-38-39-40-42-44-46-48-50-52-54-59(70)65(75)67-57(56-76-66-64(74)63(73)62(72)60(55-68)77-66)61(71)58(69)53-51-49-47-45-43-41-18-16-14-12-10-8-6-4-2/h16,18,25-26,28-29,45,47,57-64,66,68-74H,3-15,17,19-24,27,30-44,46,48-56H2,1-2H3,(H,67,75)/b18-16+,26-25-,29-28-,47-45+. The molecule has 452 valence electrons. The van der Waals surface area contributed by atoms with Gasteiger partial charge in [-0.1, -0.05) is 262 Å². The molecule has 0 bridgehead atoms. The minimum absolute atomic E-state index is 0.246. The van der Waals surface area contributed by atoms with Crippen LogP contribution in [0.5, 0.6) is 0 Å². The number of ether oxygens (including phenoxy) is 2. The smallest absolute Gasteiger partial charge is 0.249 e. The van der Waals surface area contributed by atoms with Crippen LogP contribution in [0.25, 0.3) is 0 Å². The Balaban J connectivity index is 2.16. The van der Waals surface area contributed by atoms with Gasteiger partial charge in [0, 0.05) is 0 Å². The van der Waals surface area contributed by atoms with Gasteiger partial charge >= 0.3 is 0 Å². The highest BCUT2D eigenvalue weighted by Crippen LogP contribution is 2.23. The molecule has 11 heteroatoms. The van der Waals surface area contributed by atoms with Crippen LogP contribution in [0.2, 0.25) is 0 Å². The van der Waals surface area contributed by atoms with E-state index in [-0.39, 0.29) is 12.8 Å². The molecule has 0 aromatic carbocycles. The minimum atomic E-state index is -1.67. The summed E-state index contributed by atoms with van der Waals surface area (Å²) >= 11 is 0. The summed E-state index contributed by atoms with van der Waals surface area (Å²) in [5.74, 6) is -0.709. The van der Waals surface area contributed by atoms with Crippen LogP contribution in [0.4, 0.5) is 0 Å². The largest absolute Gasteiger partial charge is 0.394 e. The zero-order valence-corrected chi connectivity index (χ0v) is 49.7. The SMILES string of the molecule is CCCCCCC/C=C/CC/C=C/CCCC(O)C(O)C(COC1OC(CO)C(O)C(O)C1O)NC(=O)C(O)CCCCCCCCCCCCCCCCCC/C=C\C/C=C\CCCCCCCCCCCCCCC. The van der Waals surface area contributed by atoms with Gasteiger partial charge in [0.15, 0.2) is 6.29 Å². The lowest BCUT2D eigenvalue weighted by Crippen LogP contribution is -2.60. The fourth-order valence-electron chi connectivity index (χ4n) is 10.3. The van der Waals surface area contributed by atoms with Gasteiger partial charge in [-0.25, -0.2) is 0 Å². The summed E-state index contributed by atoms with van der Waals surface area (Å²) in [5, 5.41) is 76.1. The zero-order chi connectivity index (χ0) is 56.1. The van der Waals surface area contributed by atoms with Crippen LogP contribution < -0.4 is 5.32 Å². The maximum Gasteiger partial charge on any atom is 0.249 e. The molecule has 1 fully saturated rings. The van der Waals surface area contributed by atoms with Crippen molar-refractivity contribution in [2.24, 2.45) is 0 Å². The van der Waals surface area contributed by atoms with E-state index >= 15 is 0 Å². The number of nitrogens with one attached hydrogen (secondary N) is 1. The second-order valence-electron chi connectivity index (χ2n) is 22.8. The molecule has 9 unspecified atom stereocenters. The molecular weight excluding hydrogens is 967 g/mol. The Morgan fingerprint density at radius 3 is 1.23 bits per heavy atom. The van der Waals surface area contributed by atoms with Gasteiger partial charge in [0.2, 0.25) is 5.91 Å². The second-order valence-corrected chi connectivity index (χ2v) is 22.8. The van der Waals surface area contributed by atoms with Gasteiger partial charge < -0.3 is 50.5 Å². The van der Waals surface area contributed by atoms with E-state index in [9.17, 15) is 40.5 Å². The number of carbonyl (C=O) groups excluding carboxylic acids is 1. The fraction of sp³-hybridized carbons (Fsp3) is 0.864. The molecule has 1 aliphatic rings. The maximum atomic E-state index is 13.2. The highest BCUT2D eigenvalue weighted by Gasteiger charge is 2.44. The molecular formula is C66H123NO10. The van der Waals surface area contributed by atoms with Gasteiger partial charge in [-0.3, -0.25) is 4.79 Å². The van der Waals surface area contributed by atoms with E-state index < -0.39 is 74.2 Å². The van der Waals surface area contributed by atoms with Crippen LogP contribution in [0.3, 0.4) is 0 Å². The van der Waals surface area contributed by atoms with E-state index in [0.29, 0.717) is 19.3 Å². The van der Waals surface area contributed by atoms with Crippen molar-refractivity contribution >= 4 is 5.91 Å². The lowest BCUT2D eigenvalue weighted by Gasteiger charge is -2.40. The van der Waals surface area contributed by atoms with E-state index in [4.69, 9.17) is 9.47 Å². The molecule has 0 saturated carbocycles. The average Bonchev–Trinajstić information content (AvgIpc) is 3.43. The molecule has 0 aromatic heterocycles. The van der Waals surface area contributed by atoms with Crippen molar-refractivity contribution in [3.05, 3.63) is 48.6 Å². The number of hydrogen-bond donors (Lipinski definition) is 8. The number of aliphatic hydroxyl groups excluding tert-OH is 7. The third-order valence-corrected chi connectivity index (χ3v) is 15.6. The summed E-state index contributed by atoms with van der Waals surface area (Å²) in [5.41, 5.74) is 0. The molecule has 0 spiro atoms. The van der Waals surface area contributed by atoms with Crippen LogP contribution >= 0.6 is 0 Å². The van der Waals surface area contributed by atoms with Crippen LogP contribution in [0.1, 0.15) is 296 Å². The first-order valence-corrected chi connectivity index (χ1v) is 32.5. The van der Waals surface area contributed by atoms with E-state index in [0.717, 1.165) is 44.9 Å².